The molecule has 0 bridgehead atoms. The van der Waals surface area contributed by atoms with E-state index in [2.05, 4.69) is 15.4 Å². The van der Waals surface area contributed by atoms with Crippen LogP contribution in [-0.2, 0) is 0 Å². The zero-order valence-corrected chi connectivity index (χ0v) is 16.2. The van der Waals surface area contributed by atoms with Crippen LogP contribution in [0.15, 0.2) is 65.1 Å². The number of rotatable bonds is 5. The third-order valence-corrected chi connectivity index (χ3v) is 4.41. The second-order valence-corrected chi connectivity index (χ2v) is 6.60. The highest BCUT2D eigenvalue weighted by molar-refractivity contribution is 6.03. The second-order valence-electron chi connectivity index (χ2n) is 6.60. The summed E-state index contributed by atoms with van der Waals surface area (Å²) in [7, 11) is 0. The van der Waals surface area contributed by atoms with E-state index in [9.17, 15) is 14.9 Å². The number of nitrogens with one attached hydrogen (secondary N) is 1. The SMILES string of the molecule is Cc1cc(NC(=O)c2nc(-c3ccccc3)oc2C)n(-c2ccc([N+](=O)[O-])cc2)n1. The number of nitrogens with zero attached hydrogens (tertiary/aromatic N) is 4. The Labute approximate surface area is 171 Å². The molecule has 2 aromatic heterocycles. The van der Waals surface area contributed by atoms with E-state index in [1.54, 1.807) is 32.0 Å². The molecule has 1 amide bonds. The molecule has 2 aromatic carbocycles. The van der Waals surface area contributed by atoms with Crippen LogP contribution in [0.1, 0.15) is 21.9 Å². The summed E-state index contributed by atoms with van der Waals surface area (Å²) in [6.45, 7) is 3.46. The molecule has 0 radical (unpaired) electrons. The van der Waals surface area contributed by atoms with Crippen molar-refractivity contribution in [3.05, 3.63) is 87.9 Å². The predicted molar refractivity (Wildman–Crippen MR) is 110 cm³/mol. The first kappa shape index (κ1) is 19.1. The Morgan fingerprint density at radius 2 is 1.80 bits per heavy atom. The zero-order chi connectivity index (χ0) is 21.3. The Bertz CT molecular complexity index is 1230. The van der Waals surface area contributed by atoms with Gasteiger partial charge in [-0.1, -0.05) is 18.2 Å². The summed E-state index contributed by atoms with van der Waals surface area (Å²) in [5, 5.41) is 18.0. The summed E-state index contributed by atoms with van der Waals surface area (Å²) in [5.41, 5.74) is 2.16. The van der Waals surface area contributed by atoms with Gasteiger partial charge in [0.05, 0.1) is 16.3 Å². The Hall–Kier alpha value is -4.27. The van der Waals surface area contributed by atoms with E-state index in [1.807, 2.05) is 30.3 Å². The molecule has 0 aliphatic rings. The van der Waals surface area contributed by atoms with Crippen LogP contribution < -0.4 is 5.32 Å². The van der Waals surface area contributed by atoms with Crippen molar-refractivity contribution in [2.45, 2.75) is 13.8 Å². The summed E-state index contributed by atoms with van der Waals surface area (Å²) in [6, 6.07) is 16.9. The van der Waals surface area contributed by atoms with Gasteiger partial charge in [-0.25, -0.2) is 9.67 Å². The largest absolute Gasteiger partial charge is 0.441 e. The van der Waals surface area contributed by atoms with Gasteiger partial charge in [-0.2, -0.15) is 5.10 Å². The normalized spacial score (nSPS) is 10.7. The average Bonchev–Trinajstić information content (AvgIpc) is 3.31. The molecule has 0 fully saturated rings. The lowest BCUT2D eigenvalue weighted by molar-refractivity contribution is -0.384. The van der Waals surface area contributed by atoms with Crippen molar-refractivity contribution in [3.8, 4) is 17.1 Å². The molecule has 0 aliphatic heterocycles. The van der Waals surface area contributed by atoms with Crippen molar-refractivity contribution < 1.29 is 14.1 Å². The molecule has 0 saturated carbocycles. The van der Waals surface area contributed by atoms with Gasteiger partial charge in [-0.05, 0) is 38.1 Å². The third-order valence-electron chi connectivity index (χ3n) is 4.41. The molecule has 0 saturated heterocycles. The molecular formula is C21H17N5O4. The Balaban J connectivity index is 1.62. The van der Waals surface area contributed by atoms with Crippen molar-refractivity contribution in [3.63, 3.8) is 0 Å². The van der Waals surface area contributed by atoms with Crippen molar-refractivity contribution in [2.75, 3.05) is 5.32 Å². The van der Waals surface area contributed by atoms with Gasteiger partial charge in [0.15, 0.2) is 5.69 Å². The van der Waals surface area contributed by atoms with E-state index in [0.29, 0.717) is 28.9 Å². The standard InChI is InChI=1S/C21H17N5O4/c1-13-12-18(25(24-13)16-8-10-17(11-9-16)26(28)29)22-20(27)19-14(2)30-21(23-19)15-6-4-3-5-7-15/h3-12H,1-2H3,(H,22,27). The predicted octanol–water partition coefficient (Wildman–Crippen LogP) is 4.30. The maximum absolute atomic E-state index is 12.9. The van der Waals surface area contributed by atoms with Crippen LogP contribution in [0.3, 0.4) is 0 Å². The molecule has 1 N–H and O–H groups in total. The number of anilines is 1. The number of benzene rings is 2. The first-order valence-electron chi connectivity index (χ1n) is 9.08. The third kappa shape index (κ3) is 3.68. The van der Waals surface area contributed by atoms with Crippen molar-refractivity contribution in [2.24, 2.45) is 0 Å². The number of hydrogen-bond donors (Lipinski definition) is 1. The number of carbonyl (C=O) groups is 1. The number of oxazole rings is 1. The maximum Gasteiger partial charge on any atom is 0.279 e. The fourth-order valence-electron chi connectivity index (χ4n) is 2.99. The highest BCUT2D eigenvalue weighted by Crippen LogP contribution is 2.24. The number of hydrogen-bond acceptors (Lipinski definition) is 6. The van der Waals surface area contributed by atoms with Crippen LogP contribution in [0.2, 0.25) is 0 Å². The summed E-state index contributed by atoms with van der Waals surface area (Å²) < 4.78 is 7.16. The van der Waals surface area contributed by atoms with Gasteiger partial charge in [0.25, 0.3) is 11.6 Å². The number of nitro groups is 1. The molecule has 0 unspecified atom stereocenters. The summed E-state index contributed by atoms with van der Waals surface area (Å²) >= 11 is 0. The van der Waals surface area contributed by atoms with Crippen molar-refractivity contribution in [1.29, 1.82) is 0 Å². The summed E-state index contributed by atoms with van der Waals surface area (Å²) in [4.78, 5) is 27.6. The van der Waals surface area contributed by atoms with E-state index in [0.717, 1.165) is 5.56 Å². The lowest BCUT2D eigenvalue weighted by Crippen LogP contribution is -2.16. The van der Waals surface area contributed by atoms with E-state index in [-0.39, 0.29) is 11.4 Å². The molecule has 0 spiro atoms. The first-order valence-corrected chi connectivity index (χ1v) is 9.08. The molecule has 9 nitrogen and oxygen atoms in total. The van der Waals surface area contributed by atoms with Gasteiger partial charge in [0.2, 0.25) is 5.89 Å². The fraction of sp³-hybridized carbons (Fsp3) is 0.0952. The smallest absolute Gasteiger partial charge is 0.279 e. The topological polar surface area (TPSA) is 116 Å². The number of non-ortho nitro benzene ring substituents is 1. The zero-order valence-electron chi connectivity index (χ0n) is 16.2. The Kier molecular flexibility index (Phi) is 4.85. The Morgan fingerprint density at radius 3 is 2.47 bits per heavy atom. The molecule has 150 valence electrons. The minimum atomic E-state index is -0.474. The fourth-order valence-corrected chi connectivity index (χ4v) is 2.99. The average molecular weight is 403 g/mol. The van der Waals surface area contributed by atoms with E-state index < -0.39 is 10.8 Å². The van der Waals surface area contributed by atoms with Crippen molar-refractivity contribution in [1.82, 2.24) is 14.8 Å². The molecule has 0 atom stereocenters. The number of amides is 1. The number of aromatic nitrogens is 3. The van der Waals surface area contributed by atoms with E-state index >= 15 is 0 Å². The molecule has 4 aromatic rings. The molecule has 2 heterocycles. The lowest BCUT2D eigenvalue weighted by Gasteiger charge is -2.08. The highest BCUT2D eigenvalue weighted by atomic mass is 16.6. The van der Waals surface area contributed by atoms with Gasteiger partial charge < -0.3 is 9.73 Å². The van der Waals surface area contributed by atoms with Crippen LogP contribution in [0.4, 0.5) is 11.5 Å². The maximum atomic E-state index is 12.9. The van der Waals surface area contributed by atoms with Gasteiger partial charge in [0, 0.05) is 23.8 Å². The van der Waals surface area contributed by atoms with Crippen LogP contribution >= 0.6 is 0 Å². The van der Waals surface area contributed by atoms with Crippen LogP contribution in [0.5, 0.6) is 0 Å². The van der Waals surface area contributed by atoms with E-state index in [1.165, 1.54) is 16.8 Å². The van der Waals surface area contributed by atoms with Gasteiger partial charge >= 0.3 is 0 Å². The molecule has 30 heavy (non-hydrogen) atoms. The first-order chi connectivity index (χ1) is 14.4. The summed E-state index contributed by atoms with van der Waals surface area (Å²) in [6.07, 6.45) is 0. The minimum absolute atomic E-state index is 0.0279. The summed E-state index contributed by atoms with van der Waals surface area (Å²) in [5.74, 6) is 0.722. The molecule has 4 rings (SSSR count). The number of carbonyl (C=O) groups excluding carboxylic acids is 1. The Morgan fingerprint density at radius 1 is 1.10 bits per heavy atom. The van der Waals surface area contributed by atoms with Crippen LogP contribution in [0, 0.1) is 24.0 Å². The lowest BCUT2D eigenvalue weighted by atomic mass is 10.2. The van der Waals surface area contributed by atoms with E-state index in [4.69, 9.17) is 4.42 Å². The second kappa shape index (κ2) is 7.63. The highest BCUT2D eigenvalue weighted by Gasteiger charge is 2.20. The minimum Gasteiger partial charge on any atom is -0.441 e. The number of aryl methyl sites for hydroxylation is 2. The van der Waals surface area contributed by atoms with Gasteiger partial charge in [-0.3, -0.25) is 14.9 Å². The van der Waals surface area contributed by atoms with Gasteiger partial charge in [-0.15, -0.1) is 0 Å². The van der Waals surface area contributed by atoms with Crippen molar-refractivity contribution >= 4 is 17.4 Å². The molecule has 0 aliphatic carbocycles. The molecular weight excluding hydrogens is 386 g/mol. The quantitative estimate of drug-likeness (QED) is 0.392. The van der Waals surface area contributed by atoms with Gasteiger partial charge in [0.1, 0.15) is 11.6 Å². The number of nitro benzene ring substituents is 1. The monoisotopic (exact) mass is 403 g/mol. The molecule has 9 heteroatoms. The van der Waals surface area contributed by atoms with Crippen LogP contribution in [-0.4, -0.2) is 25.6 Å². The van der Waals surface area contributed by atoms with Crippen LogP contribution in [0.25, 0.3) is 17.1 Å².